The number of aliphatic imine (C=N–C) groups is 1. The summed E-state index contributed by atoms with van der Waals surface area (Å²) in [6.45, 7) is 2.26. The van der Waals surface area contributed by atoms with E-state index in [9.17, 15) is 9.59 Å². The van der Waals surface area contributed by atoms with E-state index in [1.165, 1.54) is 0 Å². The molecule has 4 amide bonds. The van der Waals surface area contributed by atoms with Gasteiger partial charge in [-0.3, -0.25) is 5.32 Å². The second-order valence-corrected chi connectivity index (χ2v) is 2.74. The summed E-state index contributed by atoms with van der Waals surface area (Å²) in [5.41, 5.74) is 4.84. The minimum atomic E-state index is -0.739. The van der Waals surface area contributed by atoms with Crippen LogP contribution in [-0.4, -0.2) is 30.0 Å². The highest BCUT2D eigenvalue weighted by Crippen LogP contribution is 1.94. The van der Waals surface area contributed by atoms with Crippen LogP contribution in [0.3, 0.4) is 0 Å². The average Bonchev–Trinajstić information content (AvgIpc) is 2.02. The Morgan fingerprint density at radius 3 is 2.54 bits per heavy atom. The van der Waals surface area contributed by atoms with Gasteiger partial charge >= 0.3 is 12.1 Å². The normalized spacial score (nSPS) is 10.8. The van der Waals surface area contributed by atoms with E-state index < -0.39 is 12.1 Å². The highest BCUT2D eigenvalue weighted by molar-refractivity contribution is 8.13. The van der Waals surface area contributed by atoms with Gasteiger partial charge < -0.3 is 11.1 Å². The predicted octanol–water partition coefficient (Wildman–Crippen LogP) is 0.103. The van der Waals surface area contributed by atoms with Gasteiger partial charge in [-0.05, 0) is 13.2 Å². The third-order valence-electron chi connectivity index (χ3n) is 0.955. The average molecular weight is 204 g/mol. The lowest BCUT2D eigenvalue weighted by Crippen LogP contribution is -2.34. The zero-order valence-electron chi connectivity index (χ0n) is 7.46. The molecule has 4 N–H and O–H groups in total. The Morgan fingerprint density at radius 1 is 1.54 bits per heavy atom. The summed E-state index contributed by atoms with van der Waals surface area (Å²) in [6, 6.07) is -1.24. The van der Waals surface area contributed by atoms with Crippen molar-refractivity contribution >= 4 is 29.0 Å². The molecule has 0 heterocycles. The molecular formula is C6H12N4O2S. The van der Waals surface area contributed by atoms with Crippen molar-refractivity contribution in [1.29, 1.82) is 0 Å². The van der Waals surface area contributed by atoms with Crippen LogP contribution in [0.4, 0.5) is 9.59 Å². The number of carbonyl (C=O) groups is 2. The maximum atomic E-state index is 10.9. The number of nitrogens with one attached hydrogen (secondary N) is 2. The number of thioether (sulfide) groups is 1. The van der Waals surface area contributed by atoms with Crippen LogP contribution in [0.2, 0.25) is 0 Å². The summed E-state index contributed by atoms with van der Waals surface area (Å²) >= 11 is 1.13. The molecule has 0 unspecified atom stereocenters. The van der Waals surface area contributed by atoms with Crippen LogP contribution in [0.1, 0.15) is 6.92 Å². The molecule has 13 heavy (non-hydrogen) atoms. The topological polar surface area (TPSA) is 96.6 Å². The van der Waals surface area contributed by atoms with Crippen LogP contribution in [0.5, 0.6) is 0 Å². The van der Waals surface area contributed by atoms with Crippen molar-refractivity contribution in [3.63, 3.8) is 0 Å². The molecule has 0 rings (SSSR count). The van der Waals surface area contributed by atoms with Crippen molar-refractivity contribution < 1.29 is 9.59 Å². The van der Waals surface area contributed by atoms with Crippen LogP contribution in [0.15, 0.2) is 4.99 Å². The highest BCUT2D eigenvalue weighted by atomic mass is 32.2. The third-order valence-corrected chi connectivity index (χ3v) is 1.53. The van der Waals surface area contributed by atoms with E-state index >= 15 is 0 Å². The lowest BCUT2D eigenvalue weighted by atomic mass is 10.7. The van der Waals surface area contributed by atoms with E-state index in [0.29, 0.717) is 6.54 Å². The number of amidine groups is 1. The lowest BCUT2D eigenvalue weighted by molar-refractivity contribution is 0.249. The monoisotopic (exact) mass is 204 g/mol. The molecule has 0 fully saturated rings. The molecule has 0 aromatic rings. The van der Waals surface area contributed by atoms with Gasteiger partial charge in [-0.25, -0.2) is 9.59 Å². The Labute approximate surface area is 80.3 Å². The van der Waals surface area contributed by atoms with E-state index in [2.05, 4.69) is 15.6 Å². The van der Waals surface area contributed by atoms with Crippen LogP contribution in [0.25, 0.3) is 0 Å². The predicted molar refractivity (Wildman–Crippen MR) is 52.7 cm³/mol. The summed E-state index contributed by atoms with van der Waals surface area (Å²) < 4.78 is 0. The number of hydrogen-bond donors (Lipinski definition) is 3. The largest absolute Gasteiger partial charge is 0.351 e. The number of rotatable bonds is 1. The number of carbonyl (C=O) groups excluding carboxylic acids is 2. The summed E-state index contributed by atoms with van der Waals surface area (Å²) in [5.74, 6) is 0. The second kappa shape index (κ2) is 6.30. The van der Waals surface area contributed by atoms with E-state index in [-0.39, 0.29) is 5.17 Å². The lowest BCUT2D eigenvalue weighted by Gasteiger charge is -2.02. The van der Waals surface area contributed by atoms with Crippen molar-refractivity contribution in [2.24, 2.45) is 10.7 Å². The SMILES string of the molecule is CCNC(=O)N=C(NC(N)=O)SC. The van der Waals surface area contributed by atoms with Gasteiger partial charge in [0.1, 0.15) is 0 Å². The number of primary amides is 1. The molecule has 74 valence electrons. The molecule has 0 aromatic heterocycles. The molecule has 0 aliphatic heterocycles. The van der Waals surface area contributed by atoms with Gasteiger partial charge in [-0.1, -0.05) is 11.8 Å². The first-order valence-electron chi connectivity index (χ1n) is 3.57. The number of amides is 4. The first-order valence-corrected chi connectivity index (χ1v) is 4.79. The minimum absolute atomic E-state index is 0.179. The Hall–Kier alpha value is -1.24. The van der Waals surface area contributed by atoms with Gasteiger partial charge in [0, 0.05) is 6.54 Å². The molecule has 0 aromatic carbocycles. The van der Waals surface area contributed by atoms with E-state index in [1.54, 1.807) is 13.2 Å². The Balaban J connectivity index is 4.20. The molecule has 0 aliphatic carbocycles. The minimum Gasteiger partial charge on any atom is -0.351 e. The van der Waals surface area contributed by atoms with Crippen molar-refractivity contribution in [3.8, 4) is 0 Å². The smallest absolute Gasteiger partial charge is 0.343 e. The van der Waals surface area contributed by atoms with Crippen molar-refractivity contribution in [2.75, 3.05) is 12.8 Å². The van der Waals surface area contributed by atoms with Crippen LogP contribution < -0.4 is 16.4 Å². The summed E-state index contributed by atoms with van der Waals surface area (Å²) in [4.78, 5) is 24.8. The maximum Gasteiger partial charge on any atom is 0.343 e. The molecule has 0 radical (unpaired) electrons. The molecule has 0 saturated carbocycles. The Bertz CT molecular complexity index is 229. The fraction of sp³-hybridized carbons (Fsp3) is 0.500. The fourth-order valence-electron chi connectivity index (χ4n) is 0.513. The van der Waals surface area contributed by atoms with Crippen LogP contribution in [-0.2, 0) is 0 Å². The molecule has 7 heteroatoms. The van der Waals surface area contributed by atoms with Gasteiger partial charge in [-0.15, -0.1) is 0 Å². The third kappa shape index (κ3) is 5.97. The fourth-order valence-corrected chi connectivity index (χ4v) is 0.890. The van der Waals surface area contributed by atoms with Crippen LogP contribution >= 0.6 is 11.8 Å². The van der Waals surface area contributed by atoms with Crippen molar-refractivity contribution in [2.45, 2.75) is 6.92 Å². The zero-order chi connectivity index (χ0) is 10.3. The van der Waals surface area contributed by atoms with E-state index in [4.69, 9.17) is 5.73 Å². The first-order chi connectivity index (χ1) is 6.10. The number of nitrogens with two attached hydrogens (primary N) is 1. The van der Waals surface area contributed by atoms with Crippen molar-refractivity contribution in [3.05, 3.63) is 0 Å². The Kier molecular flexibility index (Phi) is 5.69. The van der Waals surface area contributed by atoms with E-state index in [1.807, 2.05) is 0 Å². The maximum absolute atomic E-state index is 10.9. The molecule has 6 nitrogen and oxygen atoms in total. The standard InChI is InChI=1S/C6H12N4O2S/c1-3-8-5(12)10-6(13-2)9-4(7)11/h3H2,1-2H3,(H4,7,8,9,10,11,12). The Morgan fingerprint density at radius 2 is 2.15 bits per heavy atom. The van der Waals surface area contributed by atoms with Gasteiger partial charge in [0.25, 0.3) is 0 Å². The van der Waals surface area contributed by atoms with Gasteiger partial charge in [0.2, 0.25) is 0 Å². The summed E-state index contributed by atoms with van der Waals surface area (Å²) in [6.07, 6.45) is 1.67. The summed E-state index contributed by atoms with van der Waals surface area (Å²) in [7, 11) is 0. The van der Waals surface area contributed by atoms with Crippen LogP contribution in [0, 0.1) is 0 Å². The first kappa shape index (κ1) is 11.8. The van der Waals surface area contributed by atoms with Gasteiger partial charge in [-0.2, -0.15) is 4.99 Å². The number of nitrogens with zero attached hydrogens (tertiary/aromatic N) is 1. The van der Waals surface area contributed by atoms with Gasteiger partial charge in [0.15, 0.2) is 5.17 Å². The molecule has 0 aliphatic rings. The summed E-state index contributed by atoms with van der Waals surface area (Å²) in [5, 5.41) is 4.84. The highest BCUT2D eigenvalue weighted by Gasteiger charge is 2.02. The molecular weight excluding hydrogens is 192 g/mol. The zero-order valence-corrected chi connectivity index (χ0v) is 8.27. The number of hydrogen-bond acceptors (Lipinski definition) is 3. The number of urea groups is 2. The molecule has 0 atom stereocenters. The van der Waals surface area contributed by atoms with Gasteiger partial charge in [0.05, 0.1) is 0 Å². The molecule has 0 saturated heterocycles. The molecule has 0 spiro atoms. The second-order valence-electron chi connectivity index (χ2n) is 1.95. The van der Waals surface area contributed by atoms with E-state index in [0.717, 1.165) is 11.8 Å². The quantitative estimate of drug-likeness (QED) is 0.417. The molecule has 0 bridgehead atoms. The van der Waals surface area contributed by atoms with Crippen molar-refractivity contribution in [1.82, 2.24) is 10.6 Å².